The minimum Gasteiger partial charge on any atom is -0.378 e. The normalized spacial score (nSPS) is 32.2. The number of rotatable bonds is 1. The van der Waals surface area contributed by atoms with Crippen LogP contribution in [-0.2, 0) is 0 Å². The molecule has 3 aromatic carbocycles. The van der Waals surface area contributed by atoms with Gasteiger partial charge in [-0.2, -0.15) is 0 Å². The highest BCUT2D eigenvalue weighted by molar-refractivity contribution is 5.91. The van der Waals surface area contributed by atoms with Gasteiger partial charge in [-0.1, -0.05) is 60.7 Å². The van der Waals surface area contributed by atoms with E-state index in [9.17, 15) is 0 Å². The molecule has 1 N–H and O–H groups in total. The Morgan fingerprint density at radius 1 is 0.760 bits per heavy atom. The van der Waals surface area contributed by atoms with Gasteiger partial charge in [0.25, 0.3) is 0 Å². The van der Waals surface area contributed by atoms with Crippen LogP contribution in [-0.4, -0.2) is 0 Å². The summed E-state index contributed by atoms with van der Waals surface area (Å²) in [5, 5.41) is 6.83. The molecule has 0 radical (unpaired) electrons. The minimum absolute atomic E-state index is 0.468. The van der Waals surface area contributed by atoms with Crippen molar-refractivity contribution in [3.8, 4) is 0 Å². The van der Waals surface area contributed by atoms with Crippen molar-refractivity contribution in [2.75, 3.05) is 5.32 Å². The first-order chi connectivity index (χ1) is 12.4. The molecular weight excluding hydrogens is 302 g/mol. The number of anilines is 1. The molecule has 5 atom stereocenters. The van der Waals surface area contributed by atoms with Gasteiger partial charge in [-0.25, -0.2) is 0 Å². The van der Waals surface area contributed by atoms with E-state index in [0.29, 0.717) is 6.04 Å². The molecule has 1 nitrogen and oxygen atoms in total. The van der Waals surface area contributed by atoms with Gasteiger partial charge in [0.15, 0.2) is 0 Å². The Labute approximate surface area is 149 Å². The third-order valence-electron chi connectivity index (χ3n) is 7.14. The van der Waals surface area contributed by atoms with Gasteiger partial charge in [-0.15, -0.1) is 0 Å². The first-order valence-corrected chi connectivity index (χ1v) is 9.73. The maximum atomic E-state index is 3.96. The highest BCUT2D eigenvalue weighted by Crippen LogP contribution is 2.64. The summed E-state index contributed by atoms with van der Waals surface area (Å²) in [5.41, 5.74) is 4.45. The van der Waals surface area contributed by atoms with Crippen LogP contribution >= 0.6 is 0 Å². The zero-order valence-corrected chi connectivity index (χ0v) is 14.4. The molecule has 0 saturated heterocycles. The molecule has 1 aliphatic heterocycles. The van der Waals surface area contributed by atoms with Gasteiger partial charge in [0, 0.05) is 5.69 Å². The van der Waals surface area contributed by atoms with Crippen molar-refractivity contribution in [3.05, 3.63) is 77.9 Å². The van der Waals surface area contributed by atoms with E-state index in [-0.39, 0.29) is 0 Å². The molecule has 2 aliphatic carbocycles. The fraction of sp³-hybridized carbons (Fsp3) is 0.333. The largest absolute Gasteiger partial charge is 0.378 e. The van der Waals surface area contributed by atoms with Gasteiger partial charge in [-0.3, -0.25) is 0 Å². The van der Waals surface area contributed by atoms with Crippen LogP contribution in [0.3, 0.4) is 0 Å². The summed E-state index contributed by atoms with van der Waals surface area (Å²) in [7, 11) is 0. The summed E-state index contributed by atoms with van der Waals surface area (Å²) >= 11 is 0. The molecule has 6 rings (SSSR count). The molecule has 0 amide bonds. The van der Waals surface area contributed by atoms with Crippen LogP contribution < -0.4 is 5.32 Å². The van der Waals surface area contributed by atoms with Crippen molar-refractivity contribution < 1.29 is 0 Å². The van der Waals surface area contributed by atoms with Crippen molar-refractivity contribution in [1.82, 2.24) is 0 Å². The molecule has 3 aromatic rings. The second kappa shape index (κ2) is 5.11. The average molecular weight is 325 g/mol. The summed E-state index contributed by atoms with van der Waals surface area (Å²) < 4.78 is 0. The lowest BCUT2D eigenvalue weighted by molar-refractivity contribution is 0.249. The number of hydrogen-bond donors (Lipinski definition) is 1. The standard InChI is InChI=1S/C24H23N/c1-2-7-16(8-3-1)24-22-18-11-10-17(14-18)21(22)23-19-9-5-4-6-15(19)12-13-20(23)25-24/h1-9,12-13,17-18,21-22,24-25H,10-11,14H2. The molecule has 5 unspecified atom stereocenters. The molecule has 0 aromatic heterocycles. The summed E-state index contributed by atoms with van der Waals surface area (Å²) in [4.78, 5) is 0. The third kappa shape index (κ3) is 1.90. The highest BCUT2D eigenvalue weighted by Gasteiger charge is 2.54. The van der Waals surface area contributed by atoms with E-state index in [1.165, 1.54) is 41.3 Å². The molecule has 124 valence electrons. The van der Waals surface area contributed by atoms with Gasteiger partial charge >= 0.3 is 0 Å². The number of fused-ring (bicyclic) bond motifs is 9. The number of hydrogen-bond acceptors (Lipinski definition) is 1. The van der Waals surface area contributed by atoms with Crippen molar-refractivity contribution in [2.24, 2.45) is 17.8 Å². The van der Waals surface area contributed by atoms with E-state index in [0.717, 1.165) is 23.7 Å². The van der Waals surface area contributed by atoms with E-state index in [1.807, 2.05) is 0 Å². The maximum absolute atomic E-state index is 3.96. The van der Waals surface area contributed by atoms with E-state index in [4.69, 9.17) is 0 Å². The first kappa shape index (κ1) is 13.9. The topological polar surface area (TPSA) is 12.0 Å². The quantitative estimate of drug-likeness (QED) is 0.567. The Hall–Kier alpha value is -2.28. The van der Waals surface area contributed by atoms with Gasteiger partial charge in [0.05, 0.1) is 6.04 Å². The summed E-state index contributed by atoms with van der Waals surface area (Å²) in [6.45, 7) is 0. The molecule has 25 heavy (non-hydrogen) atoms. The van der Waals surface area contributed by atoms with Crippen LogP contribution in [0.4, 0.5) is 5.69 Å². The van der Waals surface area contributed by atoms with Crippen LogP contribution in [0.1, 0.15) is 42.3 Å². The Morgan fingerprint density at radius 2 is 1.56 bits per heavy atom. The molecule has 2 bridgehead atoms. The van der Waals surface area contributed by atoms with Crippen LogP contribution in [0.15, 0.2) is 66.7 Å². The zero-order valence-electron chi connectivity index (χ0n) is 14.4. The zero-order chi connectivity index (χ0) is 16.4. The van der Waals surface area contributed by atoms with Crippen LogP contribution in [0.2, 0.25) is 0 Å². The minimum atomic E-state index is 0.468. The van der Waals surface area contributed by atoms with Crippen molar-refractivity contribution in [2.45, 2.75) is 31.2 Å². The lowest BCUT2D eigenvalue weighted by atomic mass is 9.67. The third-order valence-corrected chi connectivity index (χ3v) is 7.14. The molecule has 1 heteroatoms. The maximum Gasteiger partial charge on any atom is 0.0550 e. The van der Waals surface area contributed by atoms with Crippen LogP contribution in [0.25, 0.3) is 10.8 Å². The second-order valence-electron chi connectivity index (χ2n) is 8.22. The molecule has 2 saturated carbocycles. The van der Waals surface area contributed by atoms with E-state index < -0.39 is 0 Å². The van der Waals surface area contributed by atoms with Crippen LogP contribution in [0.5, 0.6) is 0 Å². The fourth-order valence-electron chi connectivity index (χ4n) is 6.25. The number of benzene rings is 3. The molecule has 3 aliphatic rings. The fourth-order valence-corrected chi connectivity index (χ4v) is 6.25. The Kier molecular flexibility index (Phi) is 2.85. The van der Waals surface area contributed by atoms with Crippen molar-refractivity contribution in [3.63, 3.8) is 0 Å². The lowest BCUT2D eigenvalue weighted by Crippen LogP contribution is -2.35. The molecule has 2 fully saturated rings. The van der Waals surface area contributed by atoms with Crippen molar-refractivity contribution >= 4 is 16.5 Å². The van der Waals surface area contributed by atoms with Crippen LogP contribution in [0, 0.1) is 17.8 Å². The second-order valence-corrected chi connectivity index (χ2v) is 8.22. The summed E-state index contributed by atoms with van der Waals surface area (Å²) in [6.07, 6.45) is 4.29. The Balaban J connectivity index is 1.58. The predicted molar refractivity (Wildman–Crippen MR) is 104 cm³/mol. The highest BCUT2D eigenvalue weighted by atomic mass is 15.0. The summed E-state index contributed by atoms with van der Waals surface area (Å²) in [5.74, 6) is 3.25. The first-order valence-electron chi connectivity index (χ1n) is 9.73. The average Bonchev–Trinajstić information content (AvgIpc) is 3.30. The molecular formula is C24H23N. The smallest absolute Gasteiger partial charge is 0.0550 e. The lowest BCUT2D eigenvalue weighted by Gasteiger charge is -2.44. The molecule has 1 heterocycles. The van der Waals surface area contributed by atoms with E-state index >= 15 is 0 Å². The van der Waals surface area contributed by atoms with Gasteiger partial charge in [0.1, 0.15) is 0 Å². The SMILES string of the molecule is c1ccc(C2Nc3ccc4ccccc4c3C3C4CCC(C4)C23)cc1. The van der Waals surface area contributed by atoms with Gasteiger partial charge in [-0.05, 0) is 70.9 Å². The Bertz CT molecular complexity index is 945. The summed E-state index contributed by atoms with van der Waals surface area (Å²) in [6, 6.07) is 25.2. The molecule has 0 spiro atoms. The monoisotopic (exact) mass is 325 g/mol. The van der Waals surface area contributed by atoms with Gasteiger partial charge < -0.3 is 5.32 Å². The number of nitrogens with one attached hydrogen (secondary N) is 1. The predicted octanol–water partition coefficient (Wildman–Crippen LogP) is 6.14. The van der Waals surface area contributed by atoms with E-state index in [1.54, 1.807) is 5.56 Å². The Morgan fingerprint density at radius 3 is 2.48 bits per heavy atom. The van der Waals surface area contributed by atoms with E-state index in [2.05, 4.69) is 72.0 Å². The van der Waals surface area contributed by atoms with Crippen molar-refractivity contribution in [1.29, 1.82) is 0 Å². The van der Waals surface area contributed by atoms with Gasteiger partial charge in [0.2, 0.25) is 0 Å².